The van der Waals surface area contributed by atoms with Gasteiger partial charge in [-0.2, -0.15) is 11.8 Å². The van der Waals surface area contributed by atoms with Gasteiger partial charge in [0.2, 0.25) is 0 Å². The van der Waals surface area contributed by atoms with E-state index in [2.05, 4.69) is 32.8 Å². The van der Waals surface area contributed by atoms with Crippen molar-refractivity contribution in [3.05, 3.63) is 23.7 Å². The molecule has 0 spiro atoms. The van der Waals surface area contributed by atoms with Crippen LogP contribution in [0.3, 0.4) is 0 Å². The van der Waals surface area contributed by atoms with Gasteiger partial charge in [-0.15, -0.1) is 0 Å². The highest BCUT2D eigenvalue weighted by atomic mass is 32.2. The lowest BCUT2D eigenvalue weighted by Crippen LogP contribution is -2.46. The summed E-state index contributed by atoms with van der Waals surface area (Å²) in [5.74, 6) is 3.84. The van der Waals surface area contributed by atoms with Gasteiger partial charge in [-0.3, -0.25) is 9.89 Å². The average Bonchev–Trinajstić information content (AvgIpc) is 3.00. The van der Waals surface area contributed by atoms with Gasteiger partial charge in [0.1, 0.15) is 11.5 Å². The van der Waals surface area contributed by atoms with Crippen LogP contribution in [0.15, 0.2) is 21.5 Å². The van der Waals surface area contributed by atoms with E-state index in [-0.39, 0.29) is 6.04 Å². The number of hydrogen-bond donors (Lipinski definition) is 2. The molecule has 6 nitrogen and oxygen atoms in total. The Balaban J connectivity index is 1.96. The van der Waals surface area contributed by atoms with Crippen LogP contribution < -0.4 is 10.6 Å². The molecule has 1 atom stereocenters. The molecule has 2 N–H and O–H groups in total. The van der Waals surface area contributed by atoms with E-state index in [9.17, 15) is 0 Å². The summed E-state index contributed by atoms with van der Waals surface area (Å²) in [6, 6.07) is 4.28. The van der Waals surface area contributed by atoms with Crippen LogP contribution in [0.25, 0.3) is 0 Å². The first-order valence-corrected chi connectivity index (χ1v) is 9.45. The molecule has 1 aromatic heterocycles. The smallest absolute Gasteiger partial charge is 0.191 e. The van der Waals surface area contributed by atoms with Crippen molar-refractivity contribution >= 4 is 17.7 Å². The highest BCUT2D eigenvalue weighted by Gasteiger charge is 2.25. The number of morpholine rings is 1. The van der Waals surface area contributed by atoms with Crippen molar-refractivity contribution in [2.45, 2.75) is 13.0 Å². The van der Waals surface area contributed by atoms with E-state index < -0.39 is 0 Å². The maximum Gasteiger partial charge on any atom is 0.191 e. The second-order valence-corrected chi connectivity index (χ2v) is 6.47. The second-order valence-electron chi connectivity index (χ2n) is 5.49. The first kappa shape index (κ1) is 18.2. The maximum atomic E-state index is 5.88. The molecular weight excluding hydrogens is 312 g/mol. The van der Waals surface area contributed by atoms with E-state index in [4.69, 9.17) is 9.15 Å². The SMILES string of the molecule is CN=C(NCCSC)NCC(c1ccc(C)o1)N1CCOCC1. The van der Waals surface area contributed by atoms with Crippen LogP contribution in [0.4, 0.5) is 0 Å². The van der Waals surface area contributed by atoms with Crippen molar-refractivity contribution in [2.24, 2.45) is 4.99 Å². The van der Waals surface area contributed by atoms with Gasteiger partial charge in [0.15, 0.2) is 5.96 Å². The fourth-order valence-corrected chi connectivity index (χ4v) is 2.92. The molecule has 1 unspecified atom stereocenters. The Morgan fingerprint density at radius 3 is 2.74 bits per heavy atom. The standard InChI is InChI=1S/C16H28N4O2S/c1-13-4-5-15(22-13)14(20-7-9-21-10-8-20)12-19-16(17-2)18-6-11-23-3/h4-5,14H,6-12H2,1-3H3,(H2,17,18,19). The number of nitrogens with one attached hydrogen (secondary N) is 2. The number of aryl methyl sites for hydroxylation is 1. The minimum absolute atomic E-state index is 0.187. The number of furan rings is 1. The summed E-state index contributed by atoms with van der Waals surface area (Å²) in [6.07, 6.45) is 2.10. The van der Waals surface area contributed by atoms with E-state index in [0.717, 1.165) is 62.6 Å². The second kappa shape index (κ2) is 9.85. The molecule has 23 heavy (non-hydrogen) atoms. The molecule has 1 fully saturated rings. The number of ether oxygens (including phenoxy) is 1. The highest BCUT2D eigenvalue weighted by molar-refractivity contribution is 7.98. The summed E-state index contributed by atoms with van der Waals surface area (Å²) in [6.45, 7) is 7.04. The number of nitrogens with zero attached hydrogens (tertiary/aromatic N) is 2. The van der Waals surface area contributed by atoms with Gasteiger partial charge in [-0.05, 0) is 25.3 Å². The van der Waals surface area contributed by atoms with Gasteiger partial charge < -0.3 is 19.8 Å². The summed E-state index contributed by atoms with van der Waals surface area (Å²) in [5.41, 5.74) is 0. The number of thioether (sulfide) groups is 1. The monoisotopic (exact) mass is 340 g/mol. The minimum Gasteiger partial charge on any atom is -0.465 e. The zero-order valence-electron chi connectivity index (χ0n) is 14.3. The zero-order chi connectivity index (χ0) is 16.5. The Labute approximate surface area is 143 Å². The third-order valence-electron chi connectivity index (χ3n) is 3.86. The van der Waals surface area contributed by atoms with Crippen LogP contribution in [-0.2, 0) is 4.74 Å². The van der Waals surface area contributed by atoms with Gasteiger partial charge in [-0.1, -0.05) is 0 Å². The fraction of sp³-hybridized carbons (Fsp3) is 0.688. The largest absolute Gasteiger partial charge is 0.465 e. The lowest BCUT2D eigenvalue weighted by molar-refractivity contribution is 0.0124. The first-order valence-electron chi connectivity index (χ1n) is 8.06. The van der Waals surface area contributed by atoms with E-state index in [1.54, 1.807) is 7.05 Å². The number of hydrogen-bond acceptors (Lipinski definition) is 5. The van der Waals surface area contributed by atoms with E-state index >= 15 is 0 Å². The van der Waals surface area contributed by atoms with Gasteiger partial charge in [0, 0.05) is 39.0 Å². The van der Waals surface area contributed by atoms with Crippen LogP contribution in [0.1, 0.15) is 17.6 Å². The molecule has 0 aromatic carbocycles. The van der Waals surface area contributed by atoms with Crippen molar-refractivity contribution < 1.29 is 9.15 Å². The number of aliphatic imine (C=N–C) groups is 1. The van der Waals surface area contributed by atoms with Crippen LogP contribution >= 0.6 is 11.8 Å². The predicted molar refractivity (Wildman–Crippen MR) is 96.3 cm³/mol. The minimum atomic E-state index is 0.187. The molecule has 2 rings (SSSR count). The average molecular weight is 340 g/mol. The van der Waals surface area contributed by atoms with E-state index in [1.807, 2.05) is 24.8 Å². The summed E-state index contributed by atoms with van der Waals surface area (Å²) >= 11 is 1.82. The van der Waals surface area contributed by atoms with Gasteiger partial charge in [-0.25, -0.2) is 0 Å². The van der Waals surface area contributed by atoms with Crippen LogP contribution in [-0.4, -0.2) is 69.3 Å². The molecular formula is C16H28N4O2S. The molecule has 0 bridgehead atoms. The van der Waals surface area contributed by atoms with E-state index in [0.29, 0.717) is 0 Å². The van der Waals surface area contributed by atoms with Gasteiger partial charge >= 0.3 is 0 Å². The van der Waals surface area contributed by atoms with Crippen LogP contribution in [0.5, 0.6) is 0 Å². The van der Waals surface area contributed by atoms with Gasteiger partial charge in [0.05, 0.1) is 19.3 Å². The molecule has 130 valence electrons. The van der Waals surface area contributed by atoms with Gasteiger partial charge in [0.25, 0.3) is 0 Å². The third kappa shape index (κ3) is 5.75. The molecule has 0 aliphatic carbocycles. The molecule has 1 aliphatic heterocycles. The van der Waals surface area contributed by atoms with Crippen molar-refractivity contribution in [3.8, 4) is 0 Å². The highest BCUT2D eigenvalue weighted by Crippen LogP contribution is 2.23. The summed E-state index contributed by atoms with van der Waals surface area (Å²) in [4.78, 5) is 6.69. The molecule has 7 heteroatoms. The third-order valence-corrected chi connectivity index (χ3v) is 4.47. The quantitative estimate of drug-likeness (QED) is 0.445. The van der Waals surface area contributed by atoms with Crippen molar-refractivity contribution in [1.29, 1.82) is 0 Å². The maximum absolute atomic E-state index is 5.88. The summed E-state index contributed by atoms with van der Waals surface area (Å²) in [7, 11) is 1.80. The number of rotatable bonds is 7. The topological polar surface area (TPSA) is 62.0 Å². The molecule has 1 saturated heterocycles. The van der Waals surface area contributed by atoms with Crippen LogP contribution in [0.2, 0.25) is 0 Å². The number of guanidine groups is 1. The summed E-state index contributed by atoms with van der Waals surface area (Å²) in [5, 5.41) is 6.75. The Bertz CT molecular complexity index is 486. The normalized spacial score (nSPS) is 18.0. The fourth-order valence-electron chi connectivity index (χ4n) is 2.62. The Hall–Kier alpha value is -1.18. The lowest BCUT2D eigenvalue weighted by atomic mass is 10.1. The summed E-state index contributed by atoms with van der Waals surface area (Å²) < 4.78 is 11.3. The Kier molecular flexibility index (Phi) is 7.78. The lowest BCUT2D eigenvalue weighted by Gasteiger charge is -2.33. The van der Waals surface area contributed by atoms with Crippen molar-refractivity contribution in [2.75, 3.05) is 58.4 Å². The molecule has 2 heterocycles. The first-order chi connectivity index (χ1) is 11.2. The molecule has 0 saturated carbocycles. The van der Waals surface area contributed by atoms with E-state index in [1.165, 1.54) is 0 Å². The zero-order valence-corrected chi connectivity index (χ0v) is 15.1. The molecule has 1 aromatic rings. The Morgan fingerprint density at radius 1 is 1.35 bits per heavy atom. The molecule has 0 radical (unpaired) electrons. The van der Waals surface area contributed by atoms with Crippen molar-refractivity contribution in [3.63, 3.8) is 0 Å². The Morgan fingerprint density at radius 2 is 2.13 bits per heavy atom. The van der Waals surface area contributed by atoms with Crippen LogP contribution in [0, 0.1) is 6.92 Å². The molecule has 0 amide bonds. The van der Waals surface area contributed by atoms with Crippen molar-refractivity contribution in [1.82, 2.24) is 15.5 Å². The predicted octanol–water partition coefficient (Wildman–Crippen LogP) is 1.49. The molecule has 1 aliphatic rings.